The Bertz CT molecular complexity index is 772. The Kier molecular flexibility index (Phi) is 7.54. The lowest BCUT2D eigenvalue weighted by molar-refractivity contribution is 0.680. The van der Waals surface area contributed by atoms with Gasteiger partial charge in [0.1, 0.15) is 0 Å². The molecule has 0 saturated heterocycles. The van der Waals surface area contributed by atoms with Gasteiger partial charge in [-0.2, -0.15) is 0 Å². The van der Waals surface area contributed by atoms with Crippen LogP contribution in [0.5, 0.6) is 0 Å². The summed E-state index contributed by atoms with van der Waals surface area (Å²) in [4.78, 5) is 0. The van der Waals surface area contributed by atoms with Crippen molar-refractivity contribution in [2.45, 2.75) is 84.7 Å². The number of aryl methyl sites for hydroxylation is 3. The monoisotopic (exact) mass is 380 g/mol. The molecule has 1 atom stereocenters. The molecule has 1 heteroatoms. The van der Waals surface area contributed by atoms with Gasteiger partial charge in [-0.05, 0) is 115 Å². The van der Waals surface area contributed by atoms with Gasteiger partial charge in [-0.3, -0.25) is 0 Å². The molecular weight excluding hydrogens is 343 g/mol. The summed E-state index contributed by atoms with van der Waals surface area (Å²) in [7, 11) is 0.996. The zero-order valence-corrected chi connectivity index (χ0v) is 18.9. The van der Waals surface area contributed by atoms with Crippen molar-refractivity contribution in [2.75, 3.05) is 6.66 Å². The topological polar surface area (TPSA) is 0 Å². The predicted molar refractivity (Wildman–Crippen MR) is 124 cm³/mol. The van der Waals surface area contributed by atoms with Gasteiger partial charge in [-0.1, -0.05) is 45.0 Å². The Hall–Kier alpha value is -1.13. The van der Waals surface area contributed by atoms with Crippen molar-refractivity contribution in [2.24, 2.45) is 0 Å². The number of rotatable bonds is 4. The van der Waals surface area contributed by atoms with Crippen molar-refractivity contribution >= 4 is 8.58 Å². The third-order valence-corrected chi connectivity index (χ3v) is 6.97. The first-order valence-electron chi connectivity index (χ1n) is 11.3. The van der Waals surface area contributed by atoms with Crippen molar-refractivity contribution in [1.29, 1.82) is 0 Å². The van der Waals surface area contributed by atoms with Crippen molar-refractivity contribution < 1.29 is 0 Å². The minimum atomic E-state index is 0.996. The van der Waals surface area contributed by atoms with E-state index in [0.717, 1.165) is 15.0 Å². The Morgan fingerprint density at radius 2 is 1.19 bits per heavy atom. The standard InChI is InChI=1S/C24H31P.C2H6/c1-3-17-12-13-18-8-4-6-10-21(18)23(17)24-20(16-25-2)15-14-19-9-5-7-11-22(19)24;1-2/h12-15,25H,3-11,16H2,1-2H3;1-2H3. The molecule has 0 heterocycles. The van der Waals surface area contributed by atoms with E-state index in [4.69, 9.17) is 0 Å². The molecule has 2 aromatic rings. The average Bonchev–Trinajstić information content (AvgIpc) is 2.74. The molecule has 0 aliphatic heterocycles. The average molecular weight is 381 g/mol. The summed E-state index contributed by atoms with van der Waals surface area (Å²) in [5.74, 6) is 0. The van der Waals surface area contributed by atoms with Crippen LogP contribution in [0.15, 0.2) is 24.3 Å². The fraction of sp³-hybridized carbons (Fsp3) is 0.538. The number of hydrogen-bond acceptors (Lipinski definition) is 0. The maximum atomic E-state index is 2.47. The van der Waals surface area contributed by atoms with Gasteiger partial charge in [0.25, 0.3) is 0 Å². The van der Waals surface area contributed by atoms with Gasteiger partial charge in [-0.25, -0.2) is 0 Å². The first kappa shape index (κ1) is 20.6. The SMILES string of the molecule is CC.CCc1ccc2c(c1-c1c(CPC)ccc3c1CCCC3)CCCC2. The van der Waals surface area contributed by atoms with E-state index in [1.54, 1.807) is 44.5 Å². The molecule has 2 aliphatic rings. The van der Waals surface area contributed by atoms with Crippen LogP contribution in [0.25, 0.3) is 11.1 Å². The summed E-state index contributed by atoms with van der Waals surface area (Å²) in [6, 6.07) is 9.80. The molecule has 0 saturated carbocycles. The summed E-state index contributed by atoms with van der Waals surface area (Å²) < 4.78 is 0. The smallest absolute Gasteiger partial charge is 0.00968 e. The van der Waals surface area contributed by atoms with Crippen LogP contribution in [0.3, 0.4) is 0 Å². The highest BCUT2D eigenvalue weighted by molar-refractivity contribution is 7.36. The molecule has 4 rings (SSSR count). The zero-order chi connectivity index (χ0) is 19.2. The molecule has 0 nitrogen and oxygen atoms in total. The van der Waals surface area contributed by atoms with Gasteiger partial charge in [0.2, 0.25) is 0 Å². The first-order valence-corrected chi connectivity index (χ1v) is 13.0. The van der Waals surface area contributed by atoms with Gasteiger partial charge in [0.05, 0.1) is 0 Å². The fourth-order valence-corrected chi connectivity index (χ4v) is 5.68. The van der Waals surface area contributed by atoms with Crippen LogP contribution in [0, 0.1) is 0 Å². The Morgan fingerprint density at radius 1 is 0.704 bits per heavy atom. The maximum Gasteiger partial charge on any atom is -0.00968 e. The highest BCUT2D eigenvalue weighted by atomic mass is 31.1. The van der Waals surface area contributed by atoms with Gasteiger partial charge in [0, 0.05) is 0 Å². The van der Waals surface area contributed by atoms with Crippen LogP contribution in [0.1, 0.15) is 79.8 Å². The zero-order valence-electron chi connectivity index (χ0n) is 17.9. The molecule has 146 valence electrons. The molecule has 1 unspecified atom stereocenters. The lowest BCUT2D eigenvalue weighted by Crippen LogP contribution is -2.11. The Labute approximate surface area is 169 Å². The van der Waals surface area contributed by atoms with E-state index in [2.05, 4.69) is 37.9 Å². The number of hydrogen-bond donors (Lipinski definition) is 0. The molecule has 0 spiro atoms. The van der Waals surface area contributed by atoms with E-state index in [0.29, 0.717) is 0 Å². The molecular formula is C26H37P. The van der Waals surface area contributed by atoms with E-state index in [1.807, 2.05) is 13.8 Å². The molecule has 0 N–H and O–H groups in total. The second-order valence-corrected chi connectivity index (χ2v) is 8.83. The highest BCUT2D eigenvalue weighted by Gasteiger charge is 2.23. The summed E-state index contributed by atoms with van der Waals surface area (Å²) in [5.41, 5.74) is 13.2. The predicted octanol–water partition coefficient (Wildman–Crippen LogP) is 7.51. The minimum absolute atomic E-state index is 0.996. The third kappa shape index (κ3) is 4.17. The van der Waals surface area contributed by atoms with Crippen molar-refractivity contribution in [1.82, 2.24) is 0 Å². The van der Waals surface area contributed by atoms with E-state index in [1.165, 1.54) is 57.5 Å². The molecule has 0 aromatic heterocycles. The normalized spacial score (nSPS) is 15.9. The second-order valence-electron chi connectivity index (χ2n) is 7.77. The largest absolute Gasteiger partial charge is 0.121 e. The quantitative estimate of drug-likeness (QED) is 0.481. The van der Waals surface area contributed by atoms with Crippen LogP contribution in [-0.2, 0) is 38.3 Å². The minimum Gasteiger partial charge on any atom is -0.121 e. The summed E-state index contributed by atoms with van der Waals surface area (Å²) in [6.45, 7) is 8.69. The third-order valence-electron chi connectivity index (χ3n) is 6.24. The van der Waals surface area contributed by atoms with Gasteiger partial charge in [0.15, 0.2) is 0 Å². The summed E-state index contributed by atoms with van der Waals surface area (Å²) in [6.07, 6.45) is 13.0. The lowest BCUT2D eigenvalue weighted by atomic mass is 9.77. The van der Waals surface area contributed by atoms with Crippen molar-refractivity contribution in [3.05, 3.63) is 57.6 Å². The Morgan fingerprint density at radius 3 is 1.70 bits per heavy atom. The number of benzene rings is 2. The molecule has 2 aliphatic carbocycles. The van der Waals surface area contributed by atoms with Crippen LogP contribution in [-0.4, -0.2) is 6.66 Å². The fourth-order valence-electron chi connectivity index (χ4n) is 5.01. The van der Waals surface area contributed by atoms with Crippen LogP contribution < -0.4 is 0 Å². The summed E-state index contributed by atoms with van der Waals surface area (Å²) >= 11 is 0. The van der Waals surface area contributed by atoms with Crippen LogP contribution in [0.2, 0.25) is 0 Å². The molecule has 0 fully saturated rings. The highest BCUT2D eigenvalue weighted by Crippen LogP contribution is 2.42. The second kappa shape index (κ2) is 9.88. The molecule has 2 aromatic carbocycles. The lowest BCUT2D eigenvalue weighted by Gasteiger charge is -2.28. The van der Waals surface area contributed by atoms with Crippen LogP contribution >= 0.6 is 8.58 Å². The Balaban J connectivity index is 0.00000102. The molecule has 0 radical (unpaired) electrons. The van der Waals surface area contributed by atoms with E-state index in [9.17, 15) is 0 Å². The van der Waals surface area contributed by atoms with Gasteiger partial charge < -0.3 is 0 Å². The van der Waals surface area contributed by atoms with E-state index < -0.39 is 0 Å². The molecule has 27 heavy (non-hydrogen) atoms. The molecule has 0 amide bonds. The van der Waals surface area contributed by atoms with Crippen molar-refractivity contribution in [3.8, 4) is 11.1 Å². The van der Waals surface area contributed by atoms with E-state index >= 15 is 0 Å². The van der Waals surface area contributed by atoms with Gasteiger partial charge >= 0.3 is 0 Å². The van der Waals surface area contributed by atoms with Crippen molar-refractivity contribution in [3.63, 3.8) is 0 Å². The van der Waals surface area contributed by atoms with Gasteiger partial charge in [-0.15, -0.1) is 8.58 Å². The summed E-state index contributed by atoms with van der Waals surface area (Å²) in [5, 5.41) is 0. The number of fused-ring (bicyclic) bond motifs is 2. The molecule has 0 bridgehead atoms. The first-order chi connectivity index (χ1) is 13.3. The van der Waals surface area contributed by atoms with E-state index in [-0.39, 0.29) is 0 Å². The maximum absolute atomic E-state index is 2.47. The van der Waals surface area contributed by atoms with Crippen LogP contribution in [0.4, 0.5) is 0 Å².